The third-order valence-electron chi connectivity index (χ3n) is 2.62. The fourth-order valence-corrected chi connectivity index (χ4v) is 1.71. The highest BCUT2D eigenvalue weighted by Crippen LogP contribution is 2.24. The van der Waals surface area contributed by atoms with Crippen LogP contribution in [0.25, 0.3) is 6.08 Å². The summed E-state index contributed by atoms with van der Waals surface area (Å²) in [7, 11) is 1.74. The van der Waals surface area contributed by atoms with Gasteiger partial charge in [-0.15, -0.1) is 0 Å². The summed E-state index contributed by atoms with van der Waals surface area (Å²) in [6.45, 7) is 5.66. The van der Waals surface area contributed by atoms with Crippen molar-refractivity contribution in [3.63, 3.8) is 0 Å². The Bertz CT molecular complexity index is 356. The molecule has 1 rings (SSSR count). The highest BCUT2D eigenvalue weighted by atomic mass is 16.5. The Morgan fingerprint density at radius 2 is 2.12 bits per heavy atom. The lowest BCUT2D eigenvalue weighted by molar-refractivity contribution is 0.146. The van der Waals surface area contributed by atoms with Crippen molar-refractivity contribution in [3.8, 4) is 0 Å². The molecule has 2 N–H and O–H groups in total. The molecule has 0 heterocycles. The Morgan fingerprint density at radius 1 is 1.38 bits per heavy atom. The van der Waals surface area contributed by atoms with E-state index in [0.717, 1.165) is 6.61 Å². The molecule has 0 bridgehead atoms. The van der Waals surface area contributed by atoms with Gasteiger partial charge in [-0.2, -0.15) is 0 Å². The van der Waals surface area contributed by atoms with Crippen LogP contribution < -0.4 is 5.73 Å². The lowest BCUT2D eigenvalue weighted by Crippen LogP contribution is -2.23. The number of hydrogen-bond acceptors (Lipinski definition) is 2. The first-order valence-corrected chi connectivity index (χ1v) is 5.56. The van der Waals surface area contributed by atoms with Gasteiger partial charge >= 0.3 is 0 Å². The van der Waals surface area contributed by atoms with Crippen molar-refractivity contribution in [2.75, 3.05) is 20.3 Å². The van der Waals surface area contributed by atoms with E-state index in [4.69, 9.17) is 10.5 Å². The van der Waals surface area contributed by atoms with Crippen LogP contribution in [0.15, 0.2) is 30.3 Å². The Balaban J connectivity index is 2.93. The van der Waals surface area contributed by atoms with Gasteiger partial charge < -0.3 is 10.5 Å². The zero-order valence-corrected chi connectivity index (χ0v) is 10.4. The molecule has 16 heavy (non-hydrogen) atoms. The van der Waals surface area contributed by atoms with Crippen molar-refractivity contribution < 1.29 is 4.74 Å². The van der Waals surface area contributed by atoms with Crippen molar-refractivity contribution in [2.45, 2.75) is 19.3 Å². The fourth-order valence-electron chi connectivity index (χ4n) is 1.71. The van der Waals surface area contributed by atoms with Crippen LogP contribution in [-0.2, 0) is 10.2 Å². The molecule has 0 aliphatic heterocycles. The zero-order valence-electron chi connectivity index (χ0n) is 10.4. The molecule has 0 saturated carbocycles. The van der Waals surface area contributed by atoms with E-state index < -0.39 is 0 Å². The minimum absolute atomic E-state index is 0.0430. The minimum atomic E-state index is 0.0430. The van der Waals surface area contributed by atoms with Crippen molar-refractivity contribution in [3.05, 3.63) is 41.5 Å². The average Bonchev–Trinajstić information content (AvgIpc) is 2.27. The van der Waals surface area contributed by atoms with E-state index in [0.29, 0.717) is 6.54 Å². The number of nitrogens with two attached hydrogens (primary N) is 1. The predicted molar refractivity (Wildman–Crippen MR) is 69.4 cm³/mol. The van der Waals surface area contributed by atoms with Gasteiger partial charge in [-0.3, -0.25) is 0 Å². The van der Waals surface area contributed by atoms with E-state index in [2.05, 4.69) is 38.1 Å². The molecule has 0 aliphatic rings. The Labute approximate surface area is 98.1 Å². The molecule has 88 valence electrons. The van der Waals surface area contributed by atoms with E-state index in [1.165, 1.54) is 11.1 Å². The van der Waals surface area contributed by atoms with Crippen LogP contribution in [0.3, 0.4) is 0 Å². The summed E-state index contributed by atoms with van der Waals surface area (Å²) in [5.74, 6) is 0. The maximum Gasteiger partial charge on any atom is 0.0553 e. The first-order chi connectivity index (χ1) is 7.60. The highest BCUT2D eigenvalue weighted by molar-refractivity contribution is 5.51. The first-order valence-electron chi connectivity index (χ1n) is 5.56. The molecule has 0 spiro atoms. The number of benzene rings is 1. The standard InChI is InChI=1S/C14H21NO/c1-14(2,11-16-3)13-8-4-6-12(10-13)7-5-9-15/h4-8,10H,9,11,15H2,1-3H3/b7-5+. The number of methoxy groups -OCH3 is 1. The summed E-state index contributed by atoms with van der Waals surface area (Å²) in [4.78, 5) is 0. The van der Waals surface area contributed by atoms with Gasteiger partial charge in [0.05, 0.1) is 6.61 Å². The average molecular weight is 219 g/mol. The molecular weight excluding hydrogens is 198 g/mol. The Kier molecular flexibility index (Phi) is 4.71. The summed E-state index contributed by atoms with van der Waals surface area (Å²) in [5, 5.41) is 0. The van der Waals surface area contributed by atoms with E-state index in [-0.39, 0.29) is 5.41 Å². The van der Waals surface area contributed by atoms with Crippen molar-refractivity contribution in [1.29, 1.82) is 0 Å². The van der Waals surface area contributed by atoms with Gasteiger partial charge in [-0.1, -0.05) is 50.3 Å². The molecule has 0 amide bonds. The maximum atomic E-state index is 5.44. The molecule has 0 unspecified atom stereocenters. The Hall–Kier alpha value is -1.12. The van der Waals surface area contributed by atoms with Crippen molar-refractivity contribution in [1.82, 2.24) is 0 Å². The number of hydrogen-bond donors (Lipinski definition) is 1. The highest BCUT2D eigenvalue weighted by Gasteiger charge is 2.20. The Morgan fingerprint density at radius 3 is 2.75 bits per heavy atom. The zero-order chi connectivity index (χ0) is 12.0. The summed E-state index contributed by atoms with van der Waals surface area (Å²) in [6, 6.07) is 8.48. The van der Waals surface area contributed by atoms with Gasteiger partial charge in [0.25, 0.3) is 0 Å². The lowest BCUT2D eigenvalue weighted by atomic mass is 9.85. The van der Waals surface area contributed by atoms with Crippen LogP contribution in [0, 0.1) is 0 Å². The summed E-state index contributed by atoms with van der Waals surface area (Å²) >= 11 is 0. The van der Waals surface area contributed by atoms with Crippen LogP contribution in [0.1, 0.15) is 25.0 Å². The van der Waals surface area contributed by atoms with E-state index >= 15 is 0 Å². The first kappa shape index (κ1) is 12.9. The van der Waals surface area contributed by atoms with Gasteiger partial charge in [0.15, 0.2) is 0 Å². The molecule has 0 fully saturated rings. The molecule has 0 radical (unpaired) electrons. The van der Waals surface area contributed by atoms with Gasteiger partial charge in [0, 0.05) is 19.1 Å². The topological polar surface area (TPSA) is 35.2 Å². The van der Waals surface area contributed by atoms with Crippen LogP contribution >= 0.6 is 0 Å². The van der Waals surface area contributed by atoms with E-state index in [1.54, 1.807) is 7.11 Å². The van der Waals surface area contributed by atoms with E-state index in [9.17, 15) is 0 Å². The van der Waals surface area contributed by atoms with Crippen molar-refractivity contribution >= 4 is 6.08 Å². The quantitative estimate of drug-likeness (QED) is 0.826. The normalized spacial score (nSPS) is 12.2. The van der Waals surface area contributed by atoms with Crippen molar-refractivity contribution in [2.24, 2.45) is 5.73 Å². The summed E-state index contributed by atoms with van der Waals surface area (Å²) in [5.41, 5.74) is 7.96. The molecule has 0 aromatic heterocycles. The summed E-state index contributed by atoms with van der Waals surface area (Å²) < 4.78 is 5.24. The second-order valence-corrected chi connectivity index (χ2v) is 4.58. The monoisotopic (exact) mass is 219 g/mol. The summed E-state index contributed by atoms with van der Waals surface area (Å²) in [6.07, 6.45) is 4.01. The molecule has 1 aromatic carbocycles. The molecule has 2 nitrogen and oxygen atoms in total. The largest absolute Gasteiger partial charge is 0.384 e. The number of rotatable bonds is 5. The molecule has 0 aliphatic carbocycles. The van der Waals surface area contributed by atoms with E-state index in [1.807, 2.05) is 12.2 Å². The number of ether oxygens (including phenoxy) is 1. The van der Waals surface area contributed by atoms with Gasteiger partial charge in [-0.25, -0.2) is 0 Å². The van der Waals surface area contributed by atoms with Gasteiger partial charge in [0.1, 0.15) is 0 Å². The second-order valence-electron chi connectivity index (χ2n) is 4.58. The fraction of sp³-hybridized carbons (Fsp3) is 0.429. The third-order valence-corrected chi connectivity index (χ3v) is 2.62. The molecule has 0 saturated heterocycles. The van der Waals surface area contributed by atoms with Gasteiger partial charge in [0.2, 0.25) is 0 Å². The van der Waals surface area contributed by atoms with Gasteiger partial charge in [-0.05, 0) is 11.1 Å². The smallest absolute Gasteiger partial charge is 0.0553 e. The molecule has 2 heteroatoms. The second kappa shape index (κ2) is 5.83. The lowest BCUT2D eigenvalue weighted by Gasteiger charge is -2.24. The maximum absolute atomic E-state index is 5.44. The van der Waals surface area contributed by atoms with Crippen LogP contribution in [0.4, 0.5) is 0 Å². The minimum Gasteiger partial charge on any atom is -0.384 e. The van der Waals surface area contributed by atoms with Crippen LogP contribution in [0.2, 0.25) is 0 Å². The van der Waals surface area contributed by atoms with Crippen LogP contribution in [0.5, 0.6) is 0 Å². The SMILES string of the molecule is COCC(C)(C)c1cccc(/C=C/CN)c1. The van der Waals surface area contributed by atoms with Crippen LogP contribution in [-0.4, -0.2) is 20.3 Å². The third kappa shape index (κ3) is 3.47. The predicted octanol–water partition coefficient (Wildman–Crippen LogP) is 2.58. The molecule has 0 atom stereocenters. The molecular formula is C14H21NO. The molecule has 1 aromatic rings.